The van der Waals surface area contributed by atoms with E-state index in [0.717, 1.165) is 4.31 Å². The molecule has 0 unspecified atom stereocenters. The number of hydrogen-bond donors (Lipinski definition) is 2. The second kappa shape index (κ2) is 6.37. The molecular weight excluding hydrogens is 420 g/mol. The number of fused-ring (bicyclic) bond motifs is 1. The molecule has 12 heteroatoms. The molecule has 0 radical (unpaired) electrons. The molecule has 1 fully saturated rings. The van der Waals surface area contributed by atoms with Crippen molar-refractivity contribution < 1.29 is 22.9 Å². The minimum atomic E-state index is -4.20. The molecule has 3 N–H and O–H groups in total. The summed E-state index contributed by atoms with van der Waals surface area (Å²) >= 11 is 3.06. The number of nitro benzene ring substituents is 1. The number of benzene rings is 1. The normalized spacial score (nSPS) is 16.2. The number of H-pyrrole nitrogens is 1. The zero-order chi connectivity index (χ0) is 18.4. The fourth-order valence-corrected chi connectivity index (χ4v) is 4.98. The van der Waals surface area contributed by atoms with Gasteiger partial charge >= 0.3 is 0 Å². The van der Waals surface area contributed by atoms with Crippen LogP contribution in [0.3, 0.4) is 0 Å². The number of morpholine rings is 1. The van der Waals surface area contributed by atoms with Crippen LogP contribution in [0.5, 0.6) is 0 Å². The zero-order valence-electron chi connectivity index (χ0n) is 12.7. The number of sulfonamides is 1. The number of carbonyl (C=O) groups excluding carboxylic acids is 1. The molecule has 1 aromatic heterocycles. The van der Waals surface area contributed by atoms with E-state index in [-0.39, 0.29) is 47.4 Å². The van der Waals surface area contributed by atoms with E-state index in [4.69, 9.17) is 10.5 Å². The van der Waals surface area contributed by atoms with Crippen LogP contribution in [0.2, 0.25) is 0 Å². The monoisotopic (exact) mass is 432 g/mol. The molecule has 10 nitrogen and oxygen atoms in total. The summed E-state index contributed by atoms with van der Waals surface area (Å²) in [6.07, 6.45) is 0. The summed E-state index contributed by atoms with van der Waals surface area (Å²) in [5.74, 6) is -1.02. The molecule has 0 bridgehead atoms. The lowest BCUT2D eigenvalue weighted by atomic mass is 10.2. The Labute approximate surface area is 150 Å². The van der Waals surface area contributed by atoms with Gasteiger partial charge in [-0.1, -0.05) is 0 Å². The molecule has 0 spiro atoms. The van der Waals surface area contributed by atoms with Gasteiger partial charge in [0, 0.05) is 13.1 Å². The van der Waals surface area contributed by atoms with Crippen LogP contribution in [-0.4, -0.2) is 54.8 Å². The van der Waals surface area contributed by atoms with Crippen molar-refractivity contribution >= 4 is 48.5 Å². The minimum Gasteiger partial charge on any atom is -0.379 e. The Balaban J connectivity index is 2.39. The van der Waals surface area contributed by atoms with Gasteiger partial charge in [-0.3, -0.25) is 14.9 Å². The average Bonchev–Trinajstić information content (AvgIpc) is 2.95. The summed E-state index contributed by atoms with van der Waals surface area (Å²) in [7, 11) is -4.20. The van der Waals surface area contributed by atoms with Gasteiger partial charge in [0.1, 0.15) is 10.6 Å². The first kappa shape index (κ1) is 17.8. The quantitative estimate of drug-likeness (QED) is 0.542. The predicted molar refractivity (Wildman–Crippen MR) is 90.7 cm³/mol. The van der Waals surface area contributed by atoms with Crippen molar-refractivity contribution in [2.45, 2.75) is 4.90 Å². The largest absolute Gasteiger partial charge is 0.379 e. The van der Waals surface area contributed by atoms with E-state index >= 15 is 0 Å². The van der Waals surface area contributed by atoms with Crippen molar-refractivity contribution in [1.82, 2.24) is 9.29 Å². The van der Waals surface area contributed by atoms with E-state index in [0.29, 0.717) is 0 Å². The third-order valence-corrected chi connectivity index (χ3v) is 6.45. The summed E-state index contributed by atoms with van der Waals surface area (Å²) in [6.45, 7) is 0.544. The van der Waals surface area contributed by atoms with E-state index in [1.54, 1.807) is 0 Å². The fourth-order valence-electron chi connectivity index (χ4n) is 2.74. The Morgan fingerprint density at radius 2 is 2.00 bits per heavy atom. The molecule has 1 saturated heterocycles. The van der Waals surface area contributed by atoms with Gasteiger partial charge in [0.15, 0.2) is 0 Å². The second-order valence-electron chi connectivity index (χ2n) is 5.29. The second-order valence-corrected chi connectivity index (χ2v) is 8.01. The highest BCUT2D eigenvalue weighted by atomic mass is 79.9. The van der Waals surface area contributed by atoms with Gasteiger partial charge < -0.3 is 15.5 Å². The van der Waals surface area contributed by atoms with Crippen LogP contribution in [0.1, 0.15) is 10.5 Å². The number of primary amides is 1. The SMILES string of the molecule is NC(=O)c1[nH]c2ccc(Br)c([N+](=O)[O-])c2c1S(=O)(=O)N1CCOCC1. The van der Waals surface area contributed by atoms with Crippen LogP contribution >= 0.6 is 15.9 Å². The first-order valence-corrected chi connectivity index (χ1v) is 9.34. The molecule has 1 aliphatic heterocycles. The molecule has 2 heterocycles. The van der Waals surface area contributed by atoms with Crippen LogP contribution < -0.4 is 5.73 Å². The lowest BCUT2D eigenvalue weighted by Gasteiger charge is -2.26. The van der Waals surface area contributed by atoms with E-state index in [9.17, 15) is 23.3 Å². The number of rotatable bonds is 4. The number of nitrogens with one attached hydrogen (secondary N) is 1. The minimum absolute atomic E-state index is 0.0784. The van der Waals surface area contributed by atoms with Crippen LogP contribution in [0.4, 0.5) is 5.69 Å². The zero-order valence-corrected chi connectivity index (χ0v) is 15.1. The third-order valence-electron chi connectivity index (χ3n) is 3.84. The van der Waals surface area contributed by atoms with Gasteiger partial charge in [-0.2, -0.15) is 4.31 Å². The number of nitrogens with two attached hydrogens (primary N) is 1. The maximum atomic E-state index is 13.1. The third kappa shape index (κ3) is 2.90. The van der Waals surface area contributed by atoms with Crippen LogP contribution in [0.25, 0.3) is 10.9 Å². The number of nitrogens with zero attached hydrogens (tertiary/aromatic N) is 2. The van der Waals surface area contributed by atoms with Gasteiger partial charge in [-0.15, -0.1) is 0 Å². The average molecular weight is 433 g/mol. The number of nitro groups is 1. The van der Waals surface area contributed by atoms with Gasteiger partial charge in [-0.05, 0) is 28.1 Å². The van der Waals surface area contributed by atoms with Gasteiger partial charge in [0.05, 0.1) is 33.5 Å². The highest BCUT2D eigenvalue weighted by Gasteiger charge is 2.37. The van der Waals surface area contributed by atoms with Gasteiger partial charge in [0.25, 0.3) is 11.6 Å². The number of halogens is 1. The van der Waals surface area contributed by atoms with E-state index < -0.39 is 31.4 Å². The summed E-state index contributed by atoms with van der Waals surface area (Å²) in [5.41, 5.74) is 4.61. The van der Waals surface area contributed by atoms with Crippen LogP contribution in [0, 0.1) is 10.1 Å². The Bertz CT molecular complexity index is 980. The topological polar surface area (TPSA) is 149 Å². The molecule has 1 amide bonds. The Kier molecular flexibility index (Phi) is 4.53. The Morgan fingerprint density at radius 1 is 1.36 bits per heavy atom. The predicted octanol–water partition coefficient (Wildman–Crippen LogP) is 0.958. The van der Waals surface area contributed by atoms with Gasteiger partial charge in [0.2, 0.25) is 10.0 Å². The molecule has 0 saturated carbocycles. The molecule has 3 rings (SSSR count). The van der Waals surface area contributed by atoms with Crippen LogP contribution in [0.15, 0.2) is 21.5 Å². The highest BCUT2D eigenvalue weighted by Crippen LogP contribution is 2.40. The number of amides is 1. The number of ether oxygens (including phenoxy) is 1. The number of aromatic nitrogens is 1. The molecule has 1 aliphatic rings. The summed E-state index contributed by atoms with van der Waals surface area (Å²) in [4.78, 5) is 24.7. The number of hydrogen-bond acceptors (Lipinski definition) is 6. The van der Waals surface area contributed by atoms with Crippen molar-refractivity contribution in [3.63, 3.8) is 0 Å². The smallest absolute Gasteiger partial charge is 0.294 e. The van der Waals surface area contributed by atoms with Crippen molar-refractivity contribution in [2.75, 3.05) is 26.3 Å². The number of carbonyl (C=O) groups is 1. The Hall–Kier alpha value is -2.02. The van der Waals surface area contributed by atoms with Crippen molar-refractivity contribution in [2.24, 2.45) is 5.73 Å². The van der Waals surface area contributed by atoms with E-state index in [2.05, 4.69) is 20.9 Å². The first-order chi connectivity index (χ1) is 11.7. The Morgan fingerprint density at radius 3 is 2.56 bits per heavy atom. The summed E-state index contributed by atoms with van der Waals surface area (Å²) in [5, 5.41) is 11.3. The van der Waals surface area contributed by atoms with Gasteiger partial charge in [-0.25, -0.2) is 8.42 Å². The number of aromatic amines is 1. The standard InChI is InChI=1S/C13H13BrN4O6S/c14-7-1-2-8-9(11(7)18(20)21)12(10(16-8)13(15)19)25(22,23)17-3-5-24-6-4-17/h1-2,16H,3-6H2,(H2,15,19). The highest BCUT2D eigenvalue weighted by molar-refractivity contribution is 9.10. The lowest BCUT2D eigenvalue weighted by Crippen LogP contribution is -2.41. The first-order valence-electron chi connectivity index (χ1n) is 7.11. The summed E-state index contributed by atoms with van der Waals surface area (Å²) < 4.78 is 32.5. The molecule has 1 aromatic carbocycles. The van der Waals surface area contributed by atoms with E-state index in [1.165, 1.54) is 12.1 Å². The van der Waals surface area contributed by atoms with Crippen LogP contribution in [-0.2, 0) is 14.8 Å². The fraction of sp³-hybridized carbons (Fsp3) is 0.308. The molecule has 0 atom stereocenters. The lowest BCUT2D eigenvalue weighted by molar-refractivity contribution is -0.384. The molecule has 2 aromatic rings. The molecular formula is C13H13BrN4O6S. The van der Waals surface area contributed by atoms with Crippen molar-refractivity contribution in [3.8, 4) is 0 Å². The summed E-state index contributed by atoms with van der Waals surface area (Å²) in [6, 6.07) is 2.84. The molecule has 25 heavy (non-hydrogen) atoms. The van der Waals surface area contributed by atoms with Crippen molar-refractivity contribution in [1.29, 1.82) is 0 Å². The molecule has 134 valence electrons. The van der Waals surface area contributed by atoms with Crippen molar-refractivity contribution in [3.05, 3.63) is 32.4 Å². The maximum absolute atomic E-state index is 13.1. The van der Waals surface area contributed by atoms with E-state index in [1.807, 2.05) is 0 Å². The molecule has 0 aliphatic carbocycles. The maximum Gasteiger partial charge on any atom is 0.294 e.